The first-order valence-corrected chi connectivity index (χ1v) is 8.29. The normalized spacial score (nSPS) is 47.5. The highest BCUT2D eigenvalue weighted by molar-refractivity contribution is 5.69. The molecule has 0 saturated heterocycles. The average Bonchev–Trinajstić information content (AvgIpc) is 2.75. The van der Waals surface area contributed by atoms with Crippen LogP contribution in [0.2, 0.25) is 0 Å². The predicted octanol–water partition coefficient (Wildman–Crippen LogP) is 3.15. The minimum Gasteiger partial charge on any atom is -0.469 e. The summed E-state index contributed by atoms with van der Waals surface area (Å²) in [5.74, 6) is 2.77. The molecule has 1 N–H and O–H groups in total. The van der Waals surface area contributed by atoms with Crippen LogP contribution in [0.25, 0.3) is 0 Å². The molecular formula is C17H28O3. The van der Waals surface area contributed by atoms with Crippen molar-refractivity contribution in [2.45, 2.75) is 64.4 Å². The van der Waals surface area contributed by atoms with Crippen LogP contribution in [0.1, 0.15) is 58.3 Å². The van der Waals surface area contributed by atoms with E-state index in [1.807, 2.05) is 0 Å². The fourth-order valence-electron chi connectivity index (χ4n) is 5.55. The summed E-state index contributed by atoms with van der Waals surface area (Å²) >= 11 is 0. The van der Waals surface area contributed by atoms with Crippen LogP contribution in [0.3, 0.4) is 0 Å². The molecule has 0 aromatic heterocycles. The lowest BCUT2D eigenvalue weighted by atomic mass is 9.55. The van der Waals surface area contributed by atoms with Gasteiger partial charge in [-0.1, -0.05) is 6.92 Å². The molecule has 0 aliphatic heterocycles. The van der Waals surface area contributed by atoms with Crippen LogP contribution in [0.15, 0.2) is 0 Å². The maximum absolute atomic E-state index is 11.5. The van der Waals surface area contributed by atoms with Crippen molar-refractivity contribution >= 4 is 5.97 Å². The lowest BCUT2D eigenvalue weighted by molar-refractivity contribution is -0.142. The summed E-state index contributed by atoms with van der Waals surface area (Å²) in [7, 11) is 1.49. The molecule has 0 radical (unpaired) electrons. The third kappa shape index (κ3) is 2.28. The quantitative estimate of drug-likeness (QED) is 0.790. The first kappa shape index (κ1) is 14.4. The number of hydrogen-bond donors (Lipinski definition) is 1. The van der Waals surface area contributed by atoms with Crippen LogP contribution in [0.5, 0.6) is 0 Å². The van der Waals surface area contributed by atoms with Gasteiger partial charge in [0.15, 0.2) is 0 Å². The maximum atomic E-state index is 11.5. The van der Waals surface area contributed by atoms with Gasteiger partial charge in [-0.05, 0) is 74.0 Å². The Labute approximate surface area is 122 Å². The topological polar surface area (TPSA) is 46.5 Å². The molecule has 3 heteroatoms. The monoisotopic (exact) mass is 280 g/mol. The first-order valence-electron chi connectivity index (χ1n) is 8.29. The van der Waals surface area contributed by atoms with Gasteiger partial charge in [-0.3, -0.25) is 4.79 Å². The van der Waals surface area contributed by atoms with E-state index in [0.29, 0.717) is 12.3 Å². The maximum Gasteiger partial charge on any atom is 0.305 e. The number of aliphatic hydroxyl groups excluding tert-OH is 1. The Bertz CT molecular complexity index is 380. The second kappa shape index (κ2) is 5.32. The molecule has 3 aliphatic carbocycles. The molecule has 3 rings (SSSR count). The van der Waals surface area contributed by atoms with Gasteiger partial charge in [0.1, 0.15) is 0 Å². The van der Waals surface area contributed by atoms with Gasteiger partial charge in [-0.2, -0.15) is 0 Å². The molecule has 0 unspecified atom stereocenters. The number of carbonyl (C=O) groups excluding carboxylic acids is 1. The number of carbonyl (C=O) groups is 1. The molecule has 3 aliphatic rings. The predicted molar refractivity (Wildman–Crippen MR) is 77.0 cm³/mol. The summed E-state index contributed by atoms with van der Waals surface area (Å²) in [6.45, 7) is 2.31. The van der Waals surface area contributed by atoms with Crippen molar-refractivity contribution in [2.75, 3.05) is 7.11 Å². The lowest BCUT2D eigenvalue weighted by Gasteiger charge is -2.50. The second-order valence-electron chi connectivity index (χ2n) is 7.63. The lowest BCUT2D eigenvalue weighted by Crippen LogP contribution is -2.45. The summed E-state index contributed by atoms with van der Waals surface area (Å²) in [6.07, 6.45) is 8.75. The van der Waals surface area contributed by atoms with E-state index < -0.39 is 0 Å². The third-order valence-corrected chi connectivity index (χ3v) is 6.76. The Hall–Kier alpha value is -0.570. The average molecular weight is 280 g/mol. The largest absolute Gasteiger partial charge is 0.469 e. The fraction of sp³-hybridized carbons (Fsp3) is 0.941. The molecule has 0 aromatic carbocycles. The number of aliphatic hydroxyl groups is 1. The van der Waals surface area contributed by atoms with Gasteiger partial charge in [0.25, 0.3) is 0 Å². The van der Waals surface area contributed by atoms with Gasteiger partial charge in [-0.25, -0.2) is 0 Å². The number of rotatable bonds is 2. The van der Waals surface area contributed by atoms with Gasteiger partial charge in [-0.15, -0.1) is 0 Å². The zero-order valence-electron chi connectivity index (χ0n) is 12.8. The molecule has 0 amide bonds. The molecule has 0 heterocycles. The fourth-order valence-corrected chi connectivity index (χ4v) is 5.55. The number of fused-ring (bicyclic) bond motifs is 3. The Kier molecular flexibility index (Phi) is 3.83. The molecule has 0 spiro atoms. The second-order valence-corrected chi connectivity index (χ2v) is 7.63. The van der Waals surface area contributed by atoms with Crippen molar-refractivity contribution in [3.8, 4) is 0 Å². The van der Waals surface area contributed by atoms with Crippen LogP contribution in [-0.4, -0.2) is 24.3 Å². The summed E-state index contributed by atoms with van der Waals surface area (Å²) in [4.78, 5) is 11.5. The van der Waals surface area contributed by atoms with Crippen LogP contribution in [-0.2, 0) is 9.53 Å². The highest BCUT2D eigenvalue weighted by Gasteiger charge is 2.54. The molecule has 0 aromatic rings. The van der Waals surface area contributed by atoms with Crippen molar-refractivity contribution in [3.63, 3.8) is 0 Å². The number of hydrogen-bond acceptors (Lipinski definition) is 3. The van der Waals surface area contributed by atoms with Gasteiger partial charge >= 0.3 is 5.97 Å². The van der Waals surface area contributed by atoms with Crippen molar-refractivity contribution in [1.82, 2.24) is 0 Å². The summed E-state index contributed by atoms with van der Waals surface area (Å²) in [5, 5.41) is 10.3. The Morgan fingerprint density at radius 2 is 2.05 bits per heavy atom. The van der Waals surface area contributed by atoms with E-state index >= 15 is 0 Å². The summed E-state index contributed by atoms with van der Waals surface area (Å²) < 4.78 is 4.82. The molecule has 6 atom stereocenters. The molecule has 3 saturated carbocycles. The molecule has 3 nitrogen and oxygen atoms in total. The van der Waals surface area contributed by atoms with E-state index in [1.165, 1.54) is 45.6 Å². The number of methoxy groups -OCH3 is 1. The van der Waals surface area contributed by atoms with Gasteiger partial charge < -0.3 is 9.84 Å². The Balaban J connectivity index is 1.65. The highest BCUT2D eigenvalue weighted by Crippen LogP contribution is 2.59. The van der Waals surface area contributed by atoms with Crippen molar-refractivity contribution in [2.24, 2.45) is 29.1 Å². The Morgan fingerprint density at radius 1 is 1.25 bits per heavy atom. The van der Waals surface area contributed by atoms with E-state index in [2.05, 4.69) is 6.92 Å². The molecule has 0 bridgehead atoms. The van der Waals surface area contributed by atoms with Gasteiger partial charge in [0, 0.05) is 6.42 Å². The van der Waals surface area contributed by atoms with Gasteiger partial charge in [0.2, 0.25) is 0 Å². The van der Waals surface area contributed by atoms with Crippen molar-refractivity contribution < 1.29 is 14.6 Å². The SMILES string of the molecule is COC(=O)C[C@H]1CC[C@H]2[C@@H](CC[C@@]3(C)[C@H](O)CC[C@H]23)C1. The molecule has 114 valence electrons. The first-order chi connectivity index (χ1) is 9.54. The van der Waals surface area contributed by atoms with Gasteiger partial charge in [0.05, 0.1) is 13.2 Å². The van der Waals surface area contributed by atoms with E-state index in [-0.39, 0.29) is 17.5 Å². The standard InChI is InChI=1S/C17H28O3/c1-17-8-7-12-9-11(10-16(19)20-2)3-4-13(12)14(17)5-6-15(17)18/h11-15,18H,3-10H2,1-2H3/t11-,12-,13-,14+,15+,17+/m0/s1. The van der Waals surface area contributed by atoms with E-state index in [9.17, 15) is 9.90 Å². The highest BCUT2D eigenvalue weighted by atomic mass is 16.5. The smallest absolute Gasteiger partial charge is 0.305 e. The van der Waals surface area contributed by atoms with E-state index in [1.54, 1.807) is 0 Å². The van der Waals surface area contributed by atoms with E-state index in [0.717, 1.165) is 24.2 Å². The third-order valence-electron chi connectivity index (χ3n) is 6.76. The number of ether oxygens (including phenoxy) is 1. The van der Waals surface area contributed by atoms with Crippen LogP contribution >= 0.6 is 0 Å². The zero-order chi connectivity index (χ0) is 14.3. The minimum absolute atomic E-state index is 0.0506. The van der Waals surface area contributed by atoms with Crippen LogP contribution in [0, 0.1) is 29.1 Å². The molecular weight excluding hydrogens is 252 g/mol. The number of esters is 1. The van der Waals surface area contributed by atoms with Crippen molar-refractivity contribution in [1.29, 1.82) is 0 Å². The molecule has 20 heavy (non-hydrogen) atoms. The zero-order valence-corrected chi connectivity index (χ0v) is 12.8. The minimum atomic E-state index is -0.0822. The van der Waals surface area contributed by atoms with Crippen LogP contribution < -0.4 is 0 Å². The van der Waals surface area contributed by atoms with Crippen molar-refractivity contribution in [3.05, 3.63) is 0 Å². The van der Waals surface area contributed by atoms with Crippen LogP contribution in [0.4, 0.5) is 0 Å². The summed E-state index contributed by atoms with van der Waals surface area (Å²) in [6, 6.07) is 0. The van der Waals surface area contributed by atoms with E-state index in [4.69, 9.17) is 4.74 Å². The Morgan fingerprint density at radius 3 is 2.80 bits per heavy atom. The molecule has 3 fully saturated rings. The summed E-state index contributed by atoms with van der Waals surface area (Å²) in [5.41, 5.74) is 0.177.